The second kappa shape index (κ2) is 7.46. The minimum atomic E-state index is -0.0193. The van der Waals surface area contributed by atoms with Crippen molar-refractivity contribution in [1.29, 1.82) is 0 Å². The molecule has 2 aromatic heterocycles. The SMILES string of the molecule is Cc1nc[n+]([O-])c(C)c1C(C)(C)C.Cc1ncnc(C)c1C(C)(C)C. The molecule has 0 fully saturated rings. The Morgan fingerprint density at radius 3 is 1.44 bits per heavy atom. The molecule has 0 atom stereocenters. The van der Waals surface area contributed by atoms with Crippen LogP contribution in [0.1, 0.15) is 75.4 Å². The Morgan fingerprint density at radius 2 is 1.12 bits per heavy atom. The molecule has 0 bridgehead atoms. The molecule has 0 aliphatic carbocycles. The number of hydrogen-bond acceptors (Lipinski definition) is 4. The Morgan fingerprint density at radius 1 is 0.720 bits per heavy atom. The largest absolute Gasteiger partial charge is 0.711 e. The Labute approximate surface area is 152 Å². The molecule has 138 valence electrons. The molecule has 5 heteroatoms. The molecule has 2 heterocycles. The van der Waals surface area contributed by atoms with Crippen molar-refractivity contribution in [3.05, 3.63) is 51.8 Å². The van der Waals surface area contributed by atoms with Crippen LogP contribution in [0.2, 0.25) is 0 Å². The molecule has 0 spiro atoms. The maximum Gasteiger partial charge on any atom is 0.289 e. The van der Waals surface area contributed by atoms with Crippen LogP contribution in [0.15, 0.2) is 12.7 Å². The van der Waals surface area contributed by atoms with Gasteiger partial charge in [0.15, 0.2) is 5.69 Å². The van der Waals surface area contributed by atoms with E-state index in [1.54, 1.807) is 6.33 Å². The van der Waals surface area contributed by atoms with Crippen molar-refractivity contribution < 1.29 is 4.73 Å². The van der Waals surface area contributed by atoms with Crippen LogP contribution >= 0.6 is 0 Å². The molecule has 0 N–H and O–H groups in total. The number of nitrogens with zero attached hydrogens (tertiary/aromatic N) is 4. The van der Waals surface area contributed by atoms with E-state index in [9.17, 15) is 5.21 Å². The van der Waals surface area contributed by atoms with Gasteiger partial charge in [-0.15, -0.1) is 0 Å². The van der Waals surface area contributed by atoms with E-state index in [-0.39, 0.29) is 10.8 Å². The summed E-state index contributed by atoms with van der Waals surface area (Å²) in [6, 6.07) is 0. The van der Waals surface area contributed by atoms with Gasteiger partial charge in [0.25, 0.3) is 6.33 Å². The van der Waals surface area contributed by atoms with Crippen LogP contribution in [-0.2, 0) is 10.8 Å². The molecule has 0 saturated carbocycles. The summed E-state index contributed by atoms with van der Waals surface area (Å²) in [6.45, 7) is 20.7. The zero-order chi connectivity index (χ0) is 19.6. The van der Waals surface area contributed by atoms with Crippen LogP contribution in [0.5, 0.6) is 0 Å². The van der Waals surface area contributed by atoms with Crippen molar-refractivity contribution in [3.63, 3.8) is 0 Å². The van der Waals surface area contributed by atoms with E-state index in [0.717, 1.165) is 33.1 Å². The van der Waals surface area contributed by atoms with Gasteiger partial charge < -0.3 is 5.21 Å². The average molecular weight is 345 g/mol. The summed E-state index contributed by atoms with van der Waals surface area (Å²) in [6.07, 6.45) is 2.94. The van der Waals surface area contributed by atoms with Gasteiger partial charge >= 0.3 is 0 Å². The topological polar surface area (TPSA) is 65.6 Å². The summed E-state index contributed by atoms with van der Waals surface area (Å²) in [5.74, 6) is 0. The smallest absolute Gasteiger partial charge is 0.289 e. The quantitative estimate of drug-likeness (QED) is 0.535. The summed E-state index contributed by atoms with van der Waals surface area (Å²) >= 11 is 0. The van der Waals surface area contributed by atoms with Crippen LogP contribution in [0.25, 0.3) is 0 Å². The van der Waals surface area contributed by atoms with Crippen molar-refractivity contribution in [2.45, 2.75) is 80.1 Å². The Bertz CT molecular complexity index is 720. The van der Waals surface area contributed by atoms with Crippen molar-refractivity contribution >= 4 is 0 Å². The molecule has 0 aromatic carbocycles. The molecule has 2 rings (SSSR count). The van der Waals surface area contributed by atoms with Crippen molar-refractivity contribution in [3.8, 4) is 0 Å². The van der Waals surface area contributed by atoms with E-state index < -0.39 is 0 Å². The molecular weight excluding hydrogens is 312 g/mol. The van der Waals surface area contributed by atoms with Gasteiger partial charge in [0, 0.05) is 23.9 Å². The Balaban J connectivity index is 0.000000251. The molecule has 0 amide bonds. The van der Waals surface area contributed by atoms with Crippen LogP contribution in [0, 0.1) is 32.9 Å². The fourth-order valence-electron chi connectivity index (χ4n) is 3.43. The summed E-state index contributed by atoms with van der Waals surface area (Å²) in [7, 11) is 0. The number of aryl methyl sites for hydroxylation is 3. The zero-order valence-corrected chi connectivity index (χ0v) is 17.4. The van der Waals surface area contributed by atoms with E-state index in [2.05, 4.69) is 56.5 Å². The second-order valence-electron chi connectivity index (χ2n) is 8.54. The highest BCUT2D eigenvalue weighted by atomic mass is 16.5. The lowest BCUT2D eigenvalue weighted by molar-refractivity contribution is -0.616. The number of hydrogen-bond donors (Lipinski definition) is 0. The van der Waals surface area contributed by atoms with Gasteiger partial charge in [-0.3, -0.25) is 0 Å². The molecule has 5 nitrogen and oxygen atoms in total. The van der Waals surface area contributed by atoms with Gasteiger partial charge in [0.2, 0.25) is 0 Å². The molecule has 0 aliphatic heterocycles. The third kappa shape index (κ3) is 5.21. The average Bonchev–Trinajstić information content (AvgIpc) is 2.41. The van der Waals surface area contributed by atoms with Crippen LogP contribution in [-0.4, -0.2) is 15.0 Å². The van der Waals surface area contributed by atoms with Crippen LogP contribution in [0.3, 0.4) is 0 Å². The van der Waals surface area contributed by atoms with E-state index >= 15 is 0 Å². The van der Waals surface area contributed by atoms with Gasteiger partial charge in [-0.2, -0.15) is 0 Å². The Kier molecular flexibility index (Phi) is 6.27. The Hall–Kier alpha value is -2.04. The first-order valence-corrected chi connectivity index (χ1v) is 8.61. The molecule has 0 unspecified atom stereocenters. The maximum atomic E-state index is 11.3. The predicted molar refractivity (Wildman–Crippen MR) is 102 cm³/mol. The fourth-order valence-corrected chi connectivity index (χ4v) is 3.43. The highest BCUT2D eigenvalue weighted by Crippen LogP contribution is 2.26. The first kappa shape index (κ1) is 21.0. The third-order valence-corrected chi connectivity index (χ3v) is 4.14. The molecule has 0 saturated heterocycles. The van der Waals surface area contributed by atoms with Gasteiger partial charge in [-0.1, -0.05) is 46.5 Å². The lowest BCUT2D eigenvalue weighted by Gasteiger charge is -2.22. The van der Waals surface area contributed by atoms with Crippen molar-refractivity contribution in [2.24, 2.45) is 0 Å². The predicted octanol–water partition coefficient (Wildman–Crippen LogP) is 4.02. The number of rotatable bonds is 0. The summed E-state index contributed by atoms with van der Waals surface area (Å²) < 4.78 is 0.827. The molecular formula is C20H32N4O. The normalized spacial score (nSPS) is 11.8. The van der Waals surface area contributed by atoms with Gasteiger partial charge in [-0.25, -0.2) is 14.7 Å². The van der Waals surface area contributed by atoms with Crippen molar-refractivity contribution in [1.82, 2.24) is 15.0 Å². The minimum absolute atomic E-state index is 0.0193. The van der Waals surface area contributed by atoms with E-state index in [1.165, 1.54) is 11.9 Å². The van der Waals surface area contributed by atoms with Crippen molar-refractivity contribution in [2.75, 3.05) is 0 Å². The summed E-state index contributed by atoms with van der Waals surface area (Å²) in [5.41, 5.74) is 6.32. The minimum Gasteiger partial charge on any atom is -0.711 e. The molecule has 0 aliphatic rings. The van der Waals surface area contributed by atoms with E-state index in [4.69, 9.17) is 0 Å². The lowest BCUT2D eigenvalue weighted by atomic mass is 9.85. The molecule has 0 radical (unpaired) electrons. The van der Waals surface area contributed by atoms with Gasteiger partial charge in [0.1, 0.15) is 12.0 Å². The van der Waals surface area contributed by atoms with E-state index in [1.807, 2.05) is 27.7 Å². The van der Waals surface area contributed by atoms with Crippen LogP contribution in [0.4, 0.5) is 0 Å². The number of aromatic nitrogens is 4. The highest BCUT2D eigenvalue weighted by Gasteiger charge is 2.24. The van der Waals surface area contributed by atoms with Crippen LogP contribution < -0.4 is 4.73 Å². The summed E-state index contributed by atoms with van der Waals surface area (Å²) in [4.78, 5) is 12.4. The van der Waals surface area contributed by atoms with Gasteiger partial charge in [0.05, 0.1) is 0 Å². The molecule has 25 heavy (non-hydrogen) atoms. The zero-order valence-electron chi connectivity index (χ0n) is 17.4. The third-order valence-electron chi connectivity index (χ3n) is 4.14. The standard InChI is InChI=1S/C10H16N2O.C10H16N2/c1-7-9(10(3,4)5)8(2)12(13)6-11-7;1-7-9(10(3,4)5)8(2)12-6-11-7/h6H,1-5H3;6H,1-5H3. The first-order valence-electron chi connectivity index (χ1n) is 8.61. The monoisotopic (exact) mass is 344 g/mol. The fraction of sp³-hybridized carbons (Fsp3) is 0.600. The van der Waals surface area contributed by atoms with Gasteiger partial charge in [-0.05, 0) is 37.2 Å². The summed E-state index contributed by atoms with van der Waals surface area (Å²) in [5, 5.41) is 11.3. The van der Waals surface area contributed by atoms with E-state index in [0.29, 0.717) is 0 Å². The second-order valence-corrected chi connectivity index (χ2v) is 8.54. The highest BCUT2D eigenvalue weighted by molar-refractivity contribution is 5.29. The maximum absolute atomic E-state index is 11.3. The molecule has 2 aromatic rings. The lowest BCUT2D eigenvalue weighted by Crippen LogP contribution is -2.35. The first-order chi connectivity index (χ1) is 11.3.